The van der Waals surface area contributed by atoms with Crippen LogP contribution < -0.4 is 19.7 Å². The summed E-state index contributed by atoms with van der Waals surface area (Å²) in [5.41, 5.74) is 1.16. The average molecular weight is 340 g/mol. The third-order valence-electron chi connectivity index (χ3n) is 4.74. The molecule has 2 aliphatic rings. The standard InChI is InChI=1S/C19H24N4O2/c1-5-15(19-17(7-1)24-11-4-12-25-19)13-20-16-6-3-10-23(14-16)18-8-2-9-21-22-18/h1-2,5,7-9,16,20H,3-4,6,10-14H2/t16-/m0/s1. The van der Waals surface area contributed by atoms with Crippen LogP contribution in [0.25, 0.3) is 0 Å². The van der Waals surface area contributed by atoms with E-state index in [-0.39, 0.29) is 0 Å². The van der Waals surface area contributed by atoms with Gasteiger partial charge in [0.15, 0.2) is 17.3 Å². The van der Waals surface area contributed by atoms with Gasteiger partial charge in [-0.05, 0) is 31.0 Å². The lowest BCUT2D eigenvalue weighted by Crippen LogP contribution is -2.45. The largest absolute Gasteiger partial charge is 0.490 e. The molecule has 0 amide bonds. The molecule has 0 unspecified atom stereocenters. The molecule has 1 saturated heterocycles. The van der Waals surface area contributed by atoms with E-state index in [0.717, 1.165) is 62.0 Å². The van der Waals surface area contributed by atoms with Crippen molar-refractivity contribution in [2.75, 3.05) is 31.2 Å². The number of hydrogen-bond acceptors (Lipinski definition) is 6. The summed E-state index contributed by atoms with van der Waals surface area (Å²) in [5, 5.41) is 11.9. The first-order valence-electron chi connectivity index (χ1n) is 9.04. The molecule has 2 aliphatic heterocycles. The maximum atomic E-state index is 5.92. The lowest BCUT2D eigenvalue weighted by molar-refractivity contribution is 0.295. The molecule has 1 aromatic heterocycles. The zero-order chi connectivity index (χ0) is 16.9. The van der Waals surface area contributed by atoms with Gasteiger partial charge in [-0.2, -0.15) is 5.10 Å². The van der Waals surface area contributed by atoms with E-state index >= 15 is 0 Å². The van der Waals surface area contributed by atoms with Crippen molar-refractivity contribution in [2.24, 2.45) is 0 Å². The molecular weight excluding hydrogens is 316 g/mol. The molecule has 1 N–H and O–H groups in total. The van der Waals surface area contributed by atoms with Crippen molar-refractivity contribution >= 4 is 5.82 Å². The van der Waals surface area contributed by atoms with Crippen molar-refractivity contribution in [1.82, 2.24) is 15.5 Å². The van der Waals surface area contributed by atoms with E-state index in [2.05, 4.69) is 26.5 Å². The second kappa shape index (κ2) is 7.70. The van der Waals surface area contributed by atoms with Gasteiger partial charge in [-0.15, -0.1) is 5.10 Å². The number of rotatable bonds is 4. The Hall–Kier alpha value is -2.34. The van der Waals surface area contributed by atoms with Crippen LogP contribution in [0, 0.1) is 0 Å². The highest BCUT2D eigenvalue weighted by molar-refractivity contribution is 5.47. The summed E-state index contributed by atoms with van der Waals surface area (Å²) >= 11 is 0. The van der Waals surface area contributed by atoms with Gasteiger partial charge in [-0.1, -0.05) is 12.1 Å². The number of para-hydroxylation sites is 1. The summed E-state index contributed by atoms with van der Waals surface area (Å²) in [4.78, 5) is 2.30. The molecule has 2 aromatic rings. The minimum Gasteiger partial charge on any atom is -0.490 e. The first kappa shape index (κ1) is 16.1. The molecule has 6 nitrogen and oxygen atoms in total. The van der Waals surface area contributed by atoms with E-state index in [9.17, 15) is 0 Å². The van der Waals surface area contributed by atoms with E-state index < -0.39 is 0 Å². The number of ether oxygens (including phenoxy) is 2. The fourth-order valence-corrected chi connectivity index (χ4v) is 3.46. The Morgan fingerprint density at radius 3 is 3.00 bits per heavy atom. The van der Waals surface area contributed by atoms with Gasteiger partial charge < -0.3 is 19.7 Å². The number of nitrogens with one attached hydrogen (secondary N) is 1. The molecule has 4 rings (SSSR count). The molecule has 25 heavy (non-hydrogen) atoms. The molecular formula is C19H24N4O2. The zero-order valence-electron chi connectivity index (χ0n) is 14.4. The van der Waals surface area contributed by atoms with Gasteiger partial charge in [0, 0.05) is 43.9 Å². The minimum atomic E-state index is 0.429. The van der Waals surface area contributed by atoms with Gasteiger partial charge in [-0.3, -0.25) is 0 Å². The number of benzene rings is 1. The zero-order valence-corrected chi connectivity index (χ0v) is 14.4. The second-order valence-electron chi connectivity index (χ2n) is 6.54. The molecule has 0 saturated carbocycles. The van der Waals surface area contributed by atoms with Gasteiger partial charge in [-0.25, -0.2) is 0 Å². The molecule has 1 fully saturated rings. The molecule has 1 aromatic carbocycles. The highest BCUT2D eigenvalue weighted by Crippen LogP contribution is 2.33. The molecule has 0 spiro atoms. The van der Waals surface area contributed by atoms with Crippen molar-refractivity contribution in [1.29, 1.82) is 0 Å². The highest BCUT2D eigenvalue weighted by atomic mass is 16.5. The van der Waals surface area contributed by atoms with Crippen LogP contribution in [-0.2, 0) is 6.54 Å². The van der Waals surface area contributed by atoms with Crippen LogP contribution in [0.1, 0.15) is 24.8 Å². The summed E-state index contributed by atoms with van der Waals surface area (Å²) in [6, 6.07) is 10.5. The van der Waals surface area contributed by atoms with Gasteiger partial charge >= 0.3 is 0 Å². The summed E-state index contributed by atoms with van der Waals surface area (Å²) in [5.74, 6) is 2.72. The Kier molecular flexibility index (Phi) is 4.97. The van der Waals surface area contributed by atoms with E-state index in [1.165, 1.54) is 6.42 Å². The Morgan fingerprint density at radius 2 is 2.08 bits per heavy atom. The Bertz CT molecular complexity index is 695. The summed E-state index contributed by atoms with van der Waals surface area (Å²) in [6.45, 7) is 4.21. The molecule has 3 heterocycles. The number of fused-ring (bicyclic) bond motifs is 1. The molecule has 0 bridgehead atoms. The third kappa shape index (κ3) is 3.85. The number of anilines is 1. The highest BCUT2D eigenvalue weighted by Gasteiger charge is 2.22. The molecule has 0 radical (unpaired) electrons. The van der Waals surface area contributed by atoms with Crippen molar-refractivity contribution in [3.05, 3.63) is 42.1 Å². The lowest BCUT2D eigenvalue weighted by Gasteiger charge is -2.33. The first-order chi connectivity index (χ1) is 12.4. The molecule has 1 atom stereocenters. The lowest BCUT2D eigenvalue weighted by atomic mass is 10.0. The van der Waals surface area contributed by atoms with Crippen molar-refractivity contribution in [3.8, 4) is 11.5 Å². The third-order valence-corrected chi connectivity index (χ3v) is 4.74. The van der Waals surface area contributed by atoms with Crippen molar-refractivity contribution in [3.63, 3.8) is 0 Å². The van der Waals surface area contributed by atoms with E-state index in [1.54, 1.807) is 6.20 Å². The Morgan fingerprint density at radius 1 is 1.12 bits per heavy atom. The van der Waals surface area contributed by atoms with E-state index in [1.807, 2.05) is 24.3 Å². The van der Waals surface area contributed by atoms with E-state index in [0.29, 0.717) is 12.6 Å². The number of piperidine rings is 1. The molecule has 6 heteroatoms. The predicted molar refractivity (Wildman–Crippen MR) is 96.2 cm³/mol. The molecule has 132 valence electrons. The Balaban J connectivity index is 1.40. The minimum absolute atomic E-state index is 0.429. The SMILES string of the molecule is c1cnnc(N2CCC[C@H](NCc3cccc4c3OCCCO4)C2)c1. The predicted octanol–water partition coefficient (Wildman–Crippen LogP) is 2.40. The van der Waals surface area contributed by atoms with Crippen LogP contribution >= 0.6 is 0 Å². The van der Waals surface area contributed by atoms with Crippen LogP contribution in [0.4, 0.5) is 5.82 Å². The number of nitrogens with zero attached hydrogens (tertiary/aromatic N) is 3. The van der Waals surface area contributed by atoms with Crippen LogP contribution in [0.15, 0.2) is 36.5 Å². The maximum absolute atomic E-state index is 5.92. The number of aromatic nitrogens is 2. The quantitative estimate of drug-likeness (QED) is 0.922. The smallest absolute Gasteiger partial charge is 0.165 e. The van der Waals surface area contributed by atoms with Gasteiger partial charge in [0.1, 0.15) is 0 Å². The van der Waals surface area contributed by atoms with Crippen molar-refractivity contribution in [2.45, 2.75) is 31.8 Å². The molecule has 0 aliphatic carbocycles. The summed E-state index contributed by atoms with van der Waals surface area (Å²) in [6.07, 6.45) is 4.97. The van der Waals surface area contributed by atoms with E-state index in [4.69, 9.17) is 9.47 Å². The Labute approximate surface area is 148 Å². The van der Waals surface area contributed by atoms with Gasteiger partial charge in [0.2, 0.25) is 0 Å². The average Bonchev–Trinajstić information content (AvgIpc) is 2.93. The van der Waals surface area contributed by atoms with Crippen molar-refractivity contribution < 1.29 is 9.47 Å². The second-order valence-corrected chi connectivity index (χ2v) is 6.54. The van der Waals surface area contributed by atoms with Gasteiger partial charge in [0.05, 0.1) is 13.2 Å². The fraction of sp³-hybridized carbons (Fsp3) is 0.474. The summed E-state index contributed by atoms with van der Waals surface area (Å²) < 4.78 is 11.7. The normalized spacial score (nSPS) is 20.2. The monoisotopic (exact) mass is 340 g/mol. The van der Waals surface area contributed by atoms with Crippen LogP contribution in [-0.4, -0.2) is 42.5 Å². The maximum Gasteiger partial charge on any atom is 0.165 e. The van der Waals surface area contributed by atoms with Crippen LogP contribution in [0.5, 0.6) is 11.5 Å². The van der Waals surface area contributed by atoms with Crippen LogP contribution in [0.2, 0.25) is 0 Å². The van der Waals surface area contributed by atoms with Gasteiger partial charge in [0.25, 0.3) is 0 Å². The topological polar surface area (TPSA) is 59.5 Å². The summed E-state index contributed by atoms with van der Waals surface area (Å²) in [7, 11) is 0. The fourth-order valence-electron chi connectivity index (χ4n) is 3.46. The first-order valence-corrected chi connectivity index (χ1v) is 9.04. The van der Waals surface area contributed by atoms with Crippen LogP contribution in [0.3, 0.4) is 0 Å². The number of hydrogen-bond donors (Lipinski definition) is 1.